The van der Waals surface area contributed by atoms with Gasteiger partial charge in [-0.05, 0) is 65.9 Å². The molecule has 3 aromatic rings. The second kappa shape index (κ2) is 7.80. The summed E-state index contributed by atoms with van der Waals surface area (Å²) in [7, 11) is 2.08. The van der Waals surface area contributed by atoms with Crippen LogP contribution in [-0.2, 0) is 6.42 Å². The normalized spacial score (nSPS) is 12.9. The zero-order valence-corrected chi connectivity index (χ0v) is 16.3. The highest BCUT2D eigenvalue weighted by Gasteiger charge is 2.15. The van der Waals surface area contributed by atoms with Crippen LogP contribution in [0.3, 0.4) is 0 Å². The molecule has 29 heavy (non-hydrogen) atoms. The Morgan fingerprint density at radius 2 is 1.52 bits per heavy atom. The van der Waals surface area contributed by atoms with Crippen LogP contribution in [0.1, 0.15) is 32.7 Å². The zero-order chi connectivity index (χ0) is 20.4. The molecule has 0 aromatic heterocycles. The SMILES string of the molecule is CN1CCCc2ccc(NC(=O)c3ccc(-c4ccc(C(N)=O)cc4)cc3)cc21. The first-order chi connectivity index (χ1) is 14.0. The summed E-state index contributed by atoms with van der Waals surface area (Å²) in [5.74, 6) is -0.587. The second-order valence-corrected chi connectivity index (χ2v) is 7.34. The Balaban J connectivity index is 1.48. The van der Waals surface area contributed by atoms with Crippen LogP contribution in [0, 0.1) is 0 Å². The number of anilines is 2. The van der Waals surface area contributed by atoms with Gasteiger partial charge in [-0.1, -0.05) is 30.3 Å². The maximum absolute atomic E-state index is 12.7. The topological polar surface area (TPSA) is 75.4 Å². The molecule has 0 fully saturated rings. The van der Waals surface area contributed by atoms with Crippen molar-refractivity contribution in [2.24, 2.45) is 5.73 Å². The number of nitrogens with two attached hydrogens (primary N) is 1. The van der Waals surface area contributed by atoms with Gasteiger partial charge in [0.2, 0.25) is 5.91 Å². The molecule has 0 atom stereocenters. The number of hydrogen-bond acceptors (Lipinski definition) is 3. The molecular weight excluding hydrogens is 362 g/mol. The Labute approximate surface area is 170 Å². The van der Waals surface area contributed by atoms with Crippen molar-refractivity contribution in [3.8, 4) is 11.1 Å². The lowest BCUT2D eigenvalue weighted by atomic mass is 10.0. The lowest BCUT2D eigenvalue weighted by Crippen LogP contribution is -2.24. The molecule has 0 bridgehead atoms. The quantitative estimate of drug-likeness (QED) is 0.710. The molecule has 5 nitrogen and oxygen atoms in total. The van der Waals surface area contributed by atoms with Gasteiger partial charge in [-0.3, -0.25) is 9.59 Å². The van der Waals surface area contributed by atoms with Crippen molar-refractivity contribution >= 4 is 23.2 Å². The number of hydrogen-bond donors (Lipinski definition) is 2. The highest BCUT2D eigenvalue weighted by molar-refractivity contribution is 6.04. The van der Waals surface area contributed by atoms with Gasteiger partial charge in [0.25, 0.3) is 5.91 Å². The number of amides is 2. The molecule has 0 saturated carbocycles. The third-order valence-corrected chi connectivity index (χ3v) is 5.34. The highest BCUT2D eigenvalue weighted by Crippen LogP contribution is 2.29. The summed E-state index contributed by atoms with van der Waals surface area (Å²) in [4.78, 5) is 26.1. The number of fused-ring (bicyclic) bond motifs is 1. The van der Waals surface area contributed by atoms with Crippen LogP contribution < -0.4 is 16.0 Å². The molecule has 2 amide bonds. The molecule has 146 valence electrons. The number of rotatable bonds is 4. The Kier molecular flexibility index (Phi) is 5.04. The predicted molar refractivity (Wildman–Crippen MR) is 116 cm³/mol. The molecule has 0 saturated heterocycles. The zero-order valence-electron chi connectivity index (χ0n) is 16.3. The number of carbonyl (C=O) groups is 2. The monoisotopic (exact) mass is 385 g/mol. The first-order valence-electron chi connectivity index (χ1n) is 9.67. The molecule has 0 spiro atoms. The minimum Gasteiger partial charge on any atom is -0.374 e. The molecule has 0 radical (unpaired) electrons. The first kappa shape index (κ1) is 18.7. The molecule has 4 rings (SSSR count). The van der Waals surface area contributed by atoms with Crippen LogP contribution in [0.4, 0.5) is 11.4 Å². The second-order valence-electron chi connectivity index (χ2n) is 7.34. The van der Waals surface area contributed by atoms with Crippen LogP contribution >= 0.6 is 0 Å². The van der Waals surface area contributed by atoms with Crippen molar-refractivity contribution in [3.63, 3.8) is 0 Å². The third-order valence-electron chi connectivity index (χ3n) is 5.34. The van der Waals surface area contributed by atoms with Crippen molar-refractivity contribution in [1.82, 2.24) is 0 Å². The number of nitrogens with zero attached hydrogens (tertiary/aromatic N) is 1. The lowest BCUT2D eigenvalue weighted by Gasteiger charge is -2.28. The Morgan fingerprint density at radius 3 is 2.14 bits per heavy atom. The fraction of sp³-hybridized carbons (Fsp3) is 0.167. The minimum absolute atomic E-state index is 0.140. The summed E-state index contributed by atoms with van der Waals surface area (Å²) < 4.78 is 0. The standard InChI is InChI=1S/C24H23N3O2/c1-27-14-2-3-18-12-13-21(15-22(18)27)26-24(29)20-10-6-17(7-11-20)16-4-8-19(9-5-16)23(25)28/h4-13,15H,2-3,14H2,1H3,(H2,25,28)(H,26,29). The van der Waals surface area contributed by atoms with Crippen molar-refractivity contribution in [2.45, 2.75) is 12.8 Å². The summed E-state index contributed by atoms with van der Waals surface area (Å²) in [6.45, 7) is 1.03. The summed E-state index contributed by atoms with van der Waals surface area (Å²) in [6, 6.07) is 20.6. The van der Waals surface area contributed by atoms with Crippen LogP contribution in [0.5, 0.6) is 0 Å². The van der Waals surface area contributed by atoms with E-state index in [4.69, 9.17) is 5.73 Å². The van der Waals surface area contributed by atoms with E-state index in [2.05, 4.69) is 23.3 Å². The predicted octanol–water partition coefficient (Wildman–Crippen LogP) is 4.09. The Bertz CT molecular complexity index is 1060. The van der Waals surface area contributed by atoms with Crippen LogP contribution in [0.2, 0.25) is 0 Å². The summed E-state index contributed by atoms with van der Waals surface area (Å²) in [6.07, 6.45) is 2.24. The number of carbonyl (C=O) groups excluding carboxylic acids is 2. The van der Waals surface area contributed by atoms with Crippen molar-refractivity contribution < 1.29 is 9.59 Å². The Morgan fingerprint density at radius 1 is 0.897 bits per heavy atom. The van der Waals surface area contributed by atoms with E-state index >= 15 is 0 Å². The molecular formula is C24H23N3O2. The van der Waals surface area contributed by atoms with Gasteiger partial charge in [0.15, 0.2) is 0 Å². The van der Waals surface area contributed by atoms with Gasteiger partial charge in [0.1, 0.15) is 0 Å². The van der Waals surface area contributed by atoms with Crippen molar-refractivity contribution in [3.05, 3.63) is 83.4 Å². The summed E-state index contributed by atoms with van der Waals surface area (Å²) in [5, 5.41) is 2.99. The largest absolute Gasteiger partial charge is 0.374 e. The van der Waals surface area contributed by atoms with Gasteiger partial charge < -0.3 is 16.0 Å². The van der Waals surface area contributed by atoms with E-state index in [0.29, 0.717) is 11.1 Å². The number of benzene rings is 3. The van der Waals surface area contributed by atoms with Gasteiger partial charge >= 0.3 is 0 Å². The van der Waals surface area contributed by atoms with E-state index in [9.17, 15) is 9.59 Å². The average molecular weight is 385 g/mol. The van der Waals surface area contributed by atoms with Gasteiger partial charge in [-0.25, -0.2) is 0 Å². The van der Waals surface area contributed by atoms with E-state index in [1.807, 2.05) is 36.4 Å². The van der Waals surface area contributed by atoms with E-state index in [0.717, 1.165) is 36.2 Å². The first-order valence-corrected chi connectivity index (χ1v) is 9.67. The average Bonchev–Trinajstić information content (AvgIpc) is 2.74. The number of aryl methyl sites for hydroxylation is 1. The molecule has 0 aliphatic carbocycles. The molecule has 1 heterocycles. The van der Waals surface area contributed by atoms with Crippen molar-refractivity contribution in [2.75, 3.05) is 23.8 Å². The summed E-state index contributed by atoms with van der Waals surface area (Å²) >= 11 is 0. The third kappa shape index (κ3) is 3.99. The van der Waals surface area contributed by atoms with Crippen molar-refractivity contribution in [1.29, 1.82) is 0 Å². The van der Waals surface area contributed by atoms with Gasteiger partial charge in [0, 0.05) is 36.1 Å². The van der Waals surface area contributed by atoms with E-state index in [1.165, 1.54) is 11.3 Å². The van der Waals surface area contributed by atoms with Crippen LogP contribution in [0.25, 0.3) is 11.1 Å². The molecule has 3 N–H and O–H groups in total. The number of primary amides is 1. The van der Waals surface area contributed by atoms with E-state index in [-0.39, 0.29) is 5.91 Å². The molecule has 5 heteroatoms. The maximum Gasteiger partial charge on any atom is 0.255 e. The summed E-state index contributed by atoms with van der Waals surface area (Å²) in [5.41, 5.74) is 11.6. The highest BCUT2D eigenvalue weighted by atomic mass is 16.2. The van der Waals surface area contributed by atoms with Gasteiger partial charge in [-0.15, -0.1) is 0 Å². The fourth-order valence-corrected chi connectivity index (χ4v) is 3.68. The van der Waals surface area contributed by atoms with E-state index < -0.39 is 5.91 Å². The molecule has 0 unspecified atom stereocenters. The van der Waals surface area contributed by atoms with Gasteiger partial charge in [-0.2, -0.15) is 0 Å². The number of nitrogens with one attached hydrogen (secondary N) is 1. The van der Waals surface area contributed by atoms with Gasteiger partial charge in [0.05, 0.1) is 0 Å². The Hall–Kier alpha value is -3.60. The van der Waals surface area contributed by atoms with Crippen LogP contribution in [-0.4, -0.2) is 25.4 Å². The molecule has 3 aromatic carbocycles. The smallest absolute Gasteiger partial charge is 0.255 e. The molecule has 1 aliphatic heterocycles. The lowest BCUT2D eigenvalue weighted by molar-refractivity contribution is 0.0997. The maximum atomic E-state index is 12.7. The minimum atomic E-state index is -0.447. The van der Waals surface area contributed by atoms with Crippen LogP contribution in [0.15, 0.2) is 66.7 Å². The molecule has 1 aliphatic rings. The fourth-order valence-electron chi connectivity index (χ4n) is 3.68. The van der Waals surface area contributed by atoms with E-state index in [1.54, 1.807) is 24.3 Å².